The highest BCUT2D eigenvalue weighted by molar-refractivity contribution is 7.80. The Labute approximate surface area is 146 Å². The van der Waals surface area contributed by atoms with Crippen LogP contribution in [0.4, 0.5) is 0 Å². The van der Waals surface area contributed by atoms with Gasteiger partial charge in [-0.15, -0.1) is 0 Å². The molecule has 1 heterocycles. The van der Waals surface area contributed by atoms with Crippen LogP contribution in [-0.2, 0) is 4.79 Å². The van der Waals surface area contributed by atoms with E-state index >= 15 is 0 Å². The summed E-state index contributed by atoms with van der Waals surface area (Å²) in [7, 11) is 0. The molecule has 0 saturated carbocycles. The number of nitrogens with zero attached hydrogens (tertiary/aromatic N) is 1. The maximum Gasteiger partial charge on any atom is 0.138 e. The monoisotopic (exact) mass is 331 g/mol. The first kappa shape index (κ1) is 18.1. The van der Waals surface area contributed by atoms with E-state index in [2.05, 4.69) is 36.1 Å². The molecule has 1 fully saturated rings. The Hall–Kier alpha value is -1.22. The average molecular weight is 332 g/mol. The van der Waals surface area contributed by atoms with Gasteiger partial charge < -0.3 is 4.90 Å². The van der Waals surface area contributed by atoms with Crippen LogP contribution in [0, 0.1) is 11.3 Å². The topological polar surface area (TPSA) is 20.3 Å². The fourth-order valence-corrected chi connectivity index (χ4v) is 3.53. The minimum atomic E-state index is -0.304. The van der Waals surface area contributed by atoms with Gasteiger partial charge in [-0.3, -0.25) is 4.79 Å². The second kappa shape index (κ2) is 7.57. The Balaban J connectivity index is 2.22. The predicted octanol–water partition coefficient (Wildman–Crippen LogP) is 4.83. The van der Waals surface area contributed by atoms with Gasteiger partial charge >= 0.3 is 0 Å². The molecule has 0 spiro atoms. The van der Waals surface area contributed by atoms with E-state index < -0.39 is 0 Å². The lowest BCUT2D eigenvalue weighted by atomic mass is 9.78. The van der Waals surface area contributed by atoms with Gasteiger partial charge in [0.05, 0.1) is 4.99 Å². The molecule has 2 nitrogen and oxygen atoms in total. The lowest BCUT2D eigenvalue weighted by Crippen LogP contribution is -2.35. The van der Waals surface area contributed by atoms with Gasteiger partial charge in [-0.2, -0.15) is 0 Å². The number of rotatable bonds is 5. The Bertz CT molecular complexity index is 541. The number of thiocarbonyl (C=S) groups is 1. The fourth-order valence-electron chi connectivity index (χ4n) is 3.19. The summed E-state index contributed by atoms with van der Waals surface area (Å²) in [5, 5.41) is 0. The molecule has 1 aromatic rings. The van der Waals surface area contributed by atoms with Crippen molar-refractivity contribution in [3.63, 3.8) is 0 Å². The van der Waals surface area contributed by atoms with Crippen LogP contribution in [0.1, 0.15) is 58.4 Å². The molecule has 23 heavy (non-hydrogen) atoms. The van der Waals surface area contributed by atoms with Gasteiger partial charge in [0, 0.05) is 30.8 Å². The number of hydrogen-bond donors (Lipinski definition) is 0. The Morgan fingerprint density at radius 1 is 1.17 bits per heavy atom. The number of carbonyl (C=O) groups is 1. The molecule has 3 heteroatoms. The molecule has 2 rings (SSSR count). The predicted molar refractivity (Wildman–Crippen MR) is 101 cm³/mol. The number of likely N-dealkylation sites (tertiary alicyclic amines) is 1. The van der Waals surface area contributed by atoms with Gasteiger partial charge in [-0.1, -0.05) is 70.2 Å². The summed E-state index contributed by atoms with van der Waals surface area (Å²) in [6.07, 6.45) is 3.01. The largest absolute Gasteiger partial charge is 0.366 e. The molecular weight excluding hydrogens is 302 g/mol. The maximum absolute atomic E-state index is 12.6. The van der Waals surface area contributed by atoms with Gasteiger partial charge in [-0.05, 0) is 24.3 Å². The van der Waals surface area contributed by atoms with Crippen LogP contribution >= 0.6 is 12.2 Å². The zero-order valence-electron chi connectivity index (χ0n) is 14.8. The quantitative estimate of drug-likeness (QED) is 0.720. The van der Waals surface area contributed by atoms with Gasteiger partial charge in [0.15, 0.2) is 0 Å². The minimum Gasteiger partial charge on any atom is -0.366 e. The zero-order valence-corrected chi connectivity index (χ0v) is 15.7. The average Bonchev–Trinajstić information content (AvgIpc) is 3.05. The van der Waals surface area contributed by atoms with E-state index in [1.165, 1.54) is 18.4 Å². The number of benzene rings is 1. The summed E-state index contributed by atoms with van der Waals surface area (Å²) in [5.74, 6) is 0.676. The van der Waals surface area contributed by atoms with E-state index in [9.17, 15) is 4.79 Å². The van der Waals surface area contributed by atoms with Crippen molar-refractivity contribution in [2.24, 2.45) is 11.3 Å². The highest BCUT2D eigenvalue weighted by Gasteiger charge is 2.32. The van der Waals surface area contributed by atoms with Crippen LogP contribution in [-0.4, -0.2) is 28.8 Å². The summed E-state index contributed by atoms with van der Waals surface area (Å²) in [6.45, 7) is 10.3. The number of carbonyl (C=O) groups excluding carboxylic acids is 1. The van der Waals surface area contributed by atoms with Crippen LogP contribution in [0.2, 0.25) is 0 Å². The molecule has 2 atom stereocenters. The summed E-state index contributed by atoms with van der Waals surface area (Å²) >= 11 is 5.77. The van der Waals surface area contributed by atoms with Crippen molar-refractivity contribution in [3.05, 3.63) is 35.9 Å². The van der Waals surface area contributed by atoms with Crippen molar-refractivity contribution >= 4 is 23.0 Å². The fraction of sp³-hybridized carbons (Fsp3) is 0.600. The second-order valence-corrected chi connectivity index (χ2v) is 8.13. The molecule has 0 aromatic heterocycles. The van der Waals surface area contributed by atoms with E-state index in [0.29, 0.717) is 12.2 Å². The standard InChI is InChI=1S/C20H29NOS/c1-15(19(23)21-12-8-9-13-21)17(14-18(22)20(2,3)4)16-10-6-5-7-11-16/h5-7,10-11,15,17H,8-9,12-14H2,1-4H3/t15-,17-/m1/s1. The molecule has 0 N–H and O–H groups in total. The van der Waals surface area contributed by atoms with Crippen molar-refractivity contribution in [2.75, 3.05) is 13.1 Å². The van der Waals surface area contributed by atoms with Gasteiger partial charge in [0.25, 0.3) is 0 Å². The van der Waals surface area contributed by atoms with E-state index in [4.69, 9.17) is 12.2 Å². The third kappa shape index (κ3) is 4.63. The van der Waals surface area contributed by atoms with Crippen LogP contribution in [0.25, 0.3) is 0 Å². The minimum absolute atomic E-state index is 0.163. The normalized spacial score (nSPS) is 17.8. The van der Waals surface area contributed by atoms with Gasteiger partial charge in [-0.25, -0.2) is 0 Å². The molecule has 1 saturated heterocycles. The van der Waals surface area contributed by atoms with E-state index in [-0.39, 0.29) is 17.3 Å². The molecule has 0 unspecified atom stereocenters. The molecular formula is C20H29NOS. The van der Waals surface area contributed by atoms with Crippen LogP contribution in [0.3, 0.4) is 0 Å². The number of hydrogen-bond acceptors (Lipinski definition) is 2. The number of Topliss-reactive ketones (excluding diaryl/α,β-unsaturated/α-hetero) is 1. The smallest absolute Gasteiger partial charge is 0.138 e. The molecule has 126 valence electrons. The summed E-state index contributed by atoms with van der Waals surface area (Å²) in [6, 6.07) is 10.4. The molecule has 0 aliphatic carbocycles. The molecule has 0 amide bonds. The van der Waals surface area contributed by atoms with Crippen molar-refractivity contribution < 1.29 is 4.79 Å². The van der Waals surface area contributed by atoms with E-state index in [1.54, 1.807) is 0 Å². The Kier molecular flexibility index (Phi) is 5.96. The Morgan fingerprint density at radius 2 is 1.74 bits per heavy atom. The molecule has 1 aliphatic heterocycles. The zero-order chi connectivity index (χ0) is 17.0. The lowest BCUT2D eigenvalue weighted by molar-refractivity contribution is -0.126. The third-order valence-electron chi connectivity index (χ3n) is 4.88. The van der Waals surface area contributed by atoms with E-state index in [0.717, 1.165) is 18.1 Å². The summed E-state index contributed by atoms with van der Waals surface area (Å²) < 4.78 is 0. The number of ketones is 1. The Morgan fingerprint density at radius 3 is 2.26 bits per heavy atom. The molecule has 1 aromatic carbocycles. The van der Waals surface area contributed by atoms with Crippen molar-refractivity contribution in [1.29, 1.82) is 0 Å². The first-order valence-corrected chi connectivity index (χ1v) is 9.08. The van der Waals surface area contributed by atoms with Crippen molar-refractivity contribution in [2.45, 2.75) is 52.9 Å². The van der Waals surface area contributed by atoms with Crippen molar-refractivity contribution in [1.82, 2.24) is 4.90 Å². The highest BCUT2D eigenvalue weighted by atomic mass is 32.1. The maximum atomic E-state index is 12.6. The first-order chi connectivity index (χ1) is 10.8. The van der Waals surface area contributed by atoms with Crippen LogP contribution in [0.15, 0.2) is 30.3 Å². The molecule has 0 bridgehead atoms. The first-order valence-electron chi connectivity index (χ1n) is 8.67. The lowest BCUT2D eigenvalue weighted by Gasteiger charge is -2.31. The van der Waals surface area contributed by atoms with Gasteiger partial charge in [0.2, 0.25) is 0 Å². The summed E-state index contributed by atoms with van der Waals surface area (Å²) in [5.41, 5.74) is 0.918. The second-order valence-electron chi connectivity index (χ2n) is 7.72. The SMILES string of the molecule is C[C@@H](C(=S)N1CCCC1)[C@@H](CC(=O)C(C)(C)C)c1ccccc1. The molecule has 1 aliphatic rings. The van der Waals surface area contributed by atoms with Crippen molar-refractivity contribution in [3.8, 4) is 0 Å². The van der Waals surface area contributed by atoms with Crippen LogP contribution < -0.4 is 0 Å². The van der Waals surface area contributed by atoms with Gasteiger partial charge in [0.1, 0.15) is 5.78 Å². The molecule has 0 radical (unpaired) electrons. The van der Waals surface area contributed by atoms with E-state index in [1.807, 2.05) is 26.8 Å². The summed E-state index contributed by atoms with van der Waals surface area (Å²) in [4.78, 5) is 16.0. The third-order valence-corrected chi connectivity index (χ3v) is 5.51. The van der Waals surface area contributed by atoms with Crippen LogP contribution in [0.5, 0.6) is 0 Å². The highest BCUT2D eigenvalue weighted by Crippen LogP contribution is 2.34.